The lowest BCUT2D eigenvalue weighted by Crippen LogP contribution is -2.47. The molecule has 2 fully saturated rings. The molecule has 2 aromatic carbocycles. The molecule has 5 rings (SSSR count). The molecule has 2 aliphatic carbocycles. The van der Waals surface area contributed by atoms with Crippen LogP contribution in [0.2, 0.25) is 0 Å². The minimum Gasteiger partial charge on any atom is -0.383 e. The van der Waals surface area contributed by atoms with Gasteiger partial charge in [-0.25, -0.2) is 4.39 Å². The molecule has 3 aliphatic rings. The van der Waals surface area contributed by atoms with Crippen LogP contribution in [-0.2, 0) is 4.79 Å². The molecule has 0 aromatic heterocycles. The number of hydrogen-bond acceptors (Lipinski definition) is 3. The lowest BCUT2D eigenvalue weighted by molar-refractivity contribution is -0.113. The normalized spacial score (nSPS) is 28.2. The number of amides is 1. The summed E-state index contributed by atoms with van der Waals surface area (Å²) in [6, 6.07) is 17.2. The summed E-state index contributed by atoms with van der Waals surface area (Å²) >= 11 is 0. The Morgan fingerprint density at radius 2 is 1.67 bits per heavy atom. The van der Waals surface area contributed by atoms with Crippen LogP contribution in [0.4, 0.5) is 10.1 Å². The monoisotopic (exact) mass is 405 g/mol. The number of carbonyl (C=O) groups excluding carboxylic acids is 1. The molecule has 1 saturated heterocycles. The third-order valence-corrected chi connectivity index (χ3v) is 6.84. The Morgan fingerprint density at radius 3 is 2.43 bits per heavy atom. The largest absolute Gasteiger partial charge is 0.383 e. The van der Waals surface area contributed by atoms with Crippen LogP contribution in [0.25, 0.3) is 0 Å². The molecule has 4 atom stereocenters. The van der Waals surface area contributed by atoms with E-state index < -0.39 is 0 Å². The summed E-state index contributed by atoms with van der Waals surface area (Å²) in [6.07, 6.45) is 6.33. The highest BCUT2D eigenvalue weighted by Gasteiger charge is 2.42. The Kier molecular flexibility index (Phi) is 5.30. The predicted molar refractivity (Wildman–Crippen MR) is 116 cm³/mol. The molecular weight excluding hydrogens is 377 g/mol. The van der Waals surface area contributed by atoms with Crippen molar-refractivity contribution in [1.29, 1.82) is 0 Å². The van der Waals surface area contributed by atoms with E-state index in [1.54, 1.807) is 0 Å². The van der Waals surface area contributed by atoms with E-state index in [1.165, 1.54) is 25.0 Å². The maximum atomic E-state index is 13.6. The van der Waals surface area contributed by atoms with E-state index in [-0.39, 0.29) is 23.7 Å². The topological polar surface area (TPSA) is 53.2 Å². The Labute approximate surface area is 177 Å². The van der Waals surface area contributed by atoms with Crippen LogP contribution in [0.15, 0.2) is 65.9 Å². The van der Waals surface area contributed by atoms with Gasteiger partial charge in [-0.1, -0.05) is 43.2 Å². The third kappa shape index (κ3) is 3.74. The SMILES string of the molecule is O=C(Nc1ccccc1)C1=C2N[C@H]3CCCC[C@@H]3N[C@@H](c3ccc(F)cc3)[C@H]2CC1. The second-order valence-electron chi connectivity index (χ2n) is 8.70. The average Bonchev–Trinajstić information content (AvgIpc) is 3.10. The fraction of sp³-hybridized carbons (Fsp3) is 0.400. The molecule has 30 heavy (non-hydrogen) atoms. The van der Waals surface area contributed by atoms with Crippen molar-refractivity contribution in [3.05, 3.63) is 77.2 Å². The molecule has 0 radical (unpaired) electrons. The Bertz CT molecular complexity index is 941. The van der Waals surface area contributed by atoms with Crippen LogP contribution in [-0.4, -0.2) is 18.0 Å². The van der Waals surface area contributed by atoms with Gasteiger partial charge in [-0.2, -0.15) is 0 Å². The minimum atomic E-state index is -0.217. The van der Waals surface area contributed by atoms with Crippen molar-refractivity contribution < 1.29 is 9.18 Å². The highest BCUT2D eigenvalue weighted by Crippen LogP contribution is 2.43. The molecule has 0 bridgehead atoms. The average molecular weight is 406 g/mol. The van der Waals surface area contributed by atoms with E-state index in [0.29, 0.717) is 12.1 Å². The number of anilines is 1. The smallest absolute Gasteiger partial charge is 0.253 e. The van der Waals surface area contributed by atoms with Crippen molar-refractivity contribution >= 4 is 11.6 Å². The number of carbonyl (C=O) groups is 1. The van der Waals surface area contributed by atoms with Crippen LogP contribution in [0.3, 0.4) is 0 Å². The van der Waals surface area contributed by atoms with E-state index in [9.17, 15) is 9.18 Å². The zero-order valence-corrected chi connectivity index (χ0v) is 17.0. The first-order valence-electron chi connectivity index (χ1n) is 11.1. The fourth-order valence-corrected chi connectivity index (χ4v) is 5.34. The van der Waals surface area contributed by atoms with Gasteiger partial charge in [-0.3, -0.25) is 4.79 Å². The number of para-hydroxylation sites is 1. The summed E-state index contributed by atoms with van der Waals surface area (Å²) in [6.45, 7) is 0. The van der Waals surface area contributed by atoms with Crippen molar-refractivity contribution in [1.82, 2.24) is 10.6 Å². The second kappa shape index (κ2) is 8.23. The maximum absolute atomic E-state index is 13.6. The van der Waals surface area contributed by atoms with Gasteiger partial charge in [0, 0.05) is 41.0 Å². The molecule has 0 unspecified atom stereocenters. The maximum Gasteiger partial charge on any atom is 0.253 e. The van der Waals surface area contributed by atoms with Crippen LogP contribution in [0.1, 0.15) is 50.1 Å². The summed E-state index contributed by atoms with van der Waals surface area (Å²) in [5.41, 5.74) is 3.86. The molecule has 2 aromatic rings. The van der Waals surface area contributed by atoms with E-state index in [4.69, 9.17) is 0 Å². The minimum absolute atomic E-state index is 0.0154. The van der Waals surface area contributed by atoms with Crippen molar-refractivity contribution in [2.75, 3.05) is 5.32 Å². The zero-order chi connectivity index (χ0) is 20.5. The lowest BCUT2D eigenvalue weighted by Gasteiger charge is -2.33. The van der Waals surface area contributed by atoms with E-state index in [0.717, 1.165) is 48.2 Å². The van der Waals surface area contributed by atoms with Gasteiger partial charge in [0.15, 0.2) is 0 Å². The van der Waals surface area contributed by atoms with E-state index in [1.807, 2.05) is 42.5 Å². The molecule has 1 saturated carbocycles. The summed E-state index contributed by atoms with van der Waals surface area (Å²) in [4.78, 5) is 13.2. The molecule has 5 heteroatoms. The Balaban J connectivity index is 1.49. The standard InChI is InChI=1S/C25H28FN3O/c26-17-12-10-16(11-13-17)23-19-14-15-20(25(30)27-18-6-2-1-3-7-18)24(19)29-22-9-5-4-8-21(22)28-23/h1-3,6-7,10-13,19,21-23,28-29H,4-5,8-9,14-15H2,(H,27,30)/t19-,21+,22+,23+/m1/s1. The summed E-state index contributed by atoms with van der Waals surface area (Å²) in [5.74, 6) is -0.0398. The first-order valence-corrected chi connectivity index (χ1v) is 11.1. The molecule has 1 amide bonds. The quantitative estimate of drug-likeness (QED) is 0.695. The molecule has 4 nitrogen and oxygen atoms in total. The van der Waals surface area contributed by atoms with Gasteiger partial charge in [0.25, 0.3) is 5.91 Å². The van der Waals surface area contributed by atoms with Crippen molar-refractivity contribution in [3.63, 3.8) is 0 Å². The van der Waals surface area contributed by atoms with Gasteiger partial charge in [0.1, 0.15) is 5.82 Å². The highest BCUT2D eigenvalue weighted by atomic mass is 19.1. The molecule has 156 valence electrons. The predicted octanol–water partition coefficient (Wildman–Crippen LogP) is 4.67. The van der Waals surface area contributed by atoms with Gasteiger partial charge in [0.05, 0.1) is 0 Å². The molecule has 1 heterocycles. The number of halogens is 1. The molecule has 3 N–H and O–H groups in total. The van der Waals surface area contributed by atoms with Crippen molar-refractivity contribution in [3.8, 4) is 0 Å². The second-order valence-corrected chi connectivity index (χ2v) is 8.70. The molecular formula is C25H28FN3O. The summed E-state index contributed by atoms with van der Waals surface area (Å²) in [7, 11) is 0. The Hall–Kier alpha value is -2.66. The van der Waals surface area contributed by atoms with Crippen LogP contribution in [0, 0.1) is 11.7 Å². The lowest BCUT2D eigenvalue weighted by atomic mass is 9.88. The first kappa shape index (κ1) is 19.3. The fourth-order valence-electron chi connectivity index (χ4n) is 5.34. The number of benzene rings is 2. The first-order chi connectivity index (χ1) is 14.7. The van der Waals surface area contributed by atoms with E-state index in [2.05, 4.69) is 16.0 Å². The van der Waals surface area contributed by atoms with Gasteiger partial charge in [-0.15, -0.1) is 0 Å². The number of hydrogen-bond donors (Lipinski definition) is 3. The number of rotatable bonds is 3. The van der Waals surface area contributed by atoms with Crippen LogP contribution < -0.4 is 16.0 Å². The van der Waals surface area contributed by atoms with Gasteiger partial charge < -0.3 is 16.0 Å². The number of fused-ring (bicyclic) bond motifs is 2. The molecule has 0 spiro atoms. The van der Waals surface area contributed by atoms with Crippen LogP contribution >= 0.6 is 0 Å². The zero-order valence-electron chi connectivity index (χ0n) is 17.0. The van der Waals surface area contributed by atoms with Gasteiger partial charge in [0.2, 0.25) is 0 Å². The Morgan fingerprint density at radius 1 is 0.933 bits per heavy atom. The summed E-state index contributed by atoms with van der Waals surface area (Å²) in [5, 5.41) is 10.7. The van der Waals surface area contributed by atoms with E-state index >= 15 is 0 Å². The van der Waals surface area contributed by atoms with Crippen molar-refractivity contribution in [2.24, 2.45) is 5.92 Å². The number of nitrogens with one attached hydrogen (secondary N) is 3. The highest BCUT2D eigenvalue weighted by molar-refractivity contribution is 6.04. The summed E-state index contributed by atoms with van der Waals surface area (Å²) < 4.78 is 13.6. The van der Waals surface area contributed by atoms with Crippen LogP contribution in [0.5, 0.6) is 0 Å². The third-order valence-electron chi connectivity index (χ3n) is 6.84. The van der Waals surface area contributed by atoms with Gasteiger partial charge >= 0.3 is 0 Å². The molecule has 1 aliphatic heterocycles. The van der Waals surface area contributed by atoms with Gasteiger partial charge in [-0.05, 0) is 55.5 Å². The van der Waals surface area contributed by atoms with Crippen molar-refractivity contribution in [2.45, 2.75) is 56.7 Å².